The molecule has 0 fully saturated rings. The summed E-state index contributed by atoms with van der Waals surface area (Å²) >= 11 is 0.503. The van der Waals surface area contributed by atoms with Crippen molar-refractivity contribution in [3.05, 3.63) is 30.3 Å². The second kappa shape index (κ2) is 2.31. The molecule has 0 bridgehead atoms. The van der Waals surface area contributed by atoms with Crippen molar-refractivity contribution in [1.82, 2.24) is 0 Å². The van der Waals surface area contributed by atoms with Crippen molar-refractivity contribution in [3.8, 4) is 0 Å². The van der Waals surface area contributed by atoms with Gasteiger partial charge in [-0.05, 0) is 0 Å². The maximum absolute atomic E-state index is 5.46. The van der Waals surface area contributed by atoms with E-state index in [0.717, 1.165) is 5.58 Å². The monoisotopic (exact) mass is 240 g/mol. The summed E-state index contributed by atoms with van der Waals surface area (Å²) in [6, 6.07) is 10.3. The molecule has 50 valence electrons. The fourth-order valence-corrected chi connectivity index (χ4v) is 2.63. The fourth-order valence-electron chi connectivity index (χ4n) is 1.11. The number of fused-ring (bicyclic) bond motifs is 1. The molecule has 0 atom stereocenters. The Hall–Kier alpha value is -0.441. The van der Waals surface area contributed by atoms with Gasteiger partial charge in [-0.25, -0.2) is 0 Å². The van der Waals surface area contributed by atoms with Crippen LogP contribution < -0.4 is 3.78 Å². The number of para-hydroxylation sites is 1. The number of benzene rings is 1. The fraction of sp³-hybridized carbons (Fsp3) is 0. The summed E-state index contributed by atoms with van der Waals surface area (Å²) in [6.45, 7) is 0. The van der Waals surface area contributed by atoms with Crippen LogP contribution in [0.4, 0.5) is 0 Å². The third-order valence-corrected chi connectivity index (χ3v) is 2.96. The van der Waals surface area contributed by atoms with Crippen LogP contribution >= 0.6 is 0 Å². The zero-order valence-corrected chi connectivity index (χ0v) is 11.5. The van der Waals surface area contributed by atoms with Crippen LogP contribution in [0, 0.1) is 0 Å². The Kier molecular flexibility index (Phi) is 1.45. The van der Waals surface area contributed by atoms with Crippen molar-refractivity contribution in [2.75, 3.05) is 0 Å². The van der Waals surface area contributed by atoms with Crippen LogP contribution in [0.5, 0.6) is 0 Å². The minimum absolute atomic E-state index is 0.503. The zero-order valence-electron chi connectivity index (χ0n) is 5.79. The molecule has 1 aromatic heterocycles. The predicted molar refractivity (Wildman–Crippen MR) is 45.8 cm³/mol. The minimum atomic E-state index is 0.503. The molecular weight excluding hydrogens is 231 g/mol. The molecule has 0 radical (unpaired) electrons. The van der Waals surface area contributed by atoms with Crippen LogP contribution in [-0.4, -0.2) is 22.5 Å². The quantitative estimate of drug-likeness (QED) is 0.607. The molecule has 2 aromatic rings. The average molecular weight is 239 g/mol. The van der Waals surface area contributed by atoms with Gasteiger partial charge in [0.15, 0.2) is 0 Å². The van der Waals surface area contributed by atoms with E-state index in [-0.39, 0.29) is 0 Å². The Morgan fingerprint density at radius 1 is 1.20 bits per heavy atom. The topological polar surface area (TPSA) is 13.1 Å². The van der Waals surface area contributed by atoms with Gasteiger partial charge in [0.25, 0.3) is 0 Å². The summed E-state index contributed by atoms with van der Waals surface area (Å²) < 4.78 is 6.64. The Morgan fingerprint density at radius 2 is 2.00 bits per heavy atom. The molecule has 0 aliphatic heterocycles. The Morgan fingerprint density at radius 3 is 2.80 bits per heavy atom. The molecule has 2 rings (SSSR count). The van der Waals surface area contributed by atoms with Crippen molar-refractivity contribution in [3.63, 3.8) is 0 Å². The second-order valence-electron chi connectivity index (χ2n) is 2.39. The van der Waals surface area contributed by atoms with E-state index >= 15 is 0 Å². The van der Waals surface area contributed by atoms with Gasteiger partial charge in [0.05, 0.1) is 0 Å². The van der Waals surface area contributed by atoms with Gasteiger partial charge in [0, 0.05) is 0 Å². The van der Waals surface area contributed by atoms with E-state index in [1.807, 2.05) is 18.2 Å². The molecule has 10 heavy (non-hydrogen) atoms. The molecule has 0 aliphatic carbocycles. The van der Waals surface area contributed by atoms with Crippen molar-refractivity contribution >= 4 is 37.3 Å². The van der Waals surface area contributed by atoms with Gasteiger partial charge in [-0.1, -0.05) is 0 Å². The number of furan rings is 1. The van der Waals surface area contributed by atoms with E-state index in [1.54, 1.807) is 0 Å². The van der Waals surface area contributed by atoms with Crippen molar-refractivity contribution in [2.24, 2.45) is 0 Å². The van der Waals surface area contributed by atoms with Gasteiger partial charge in [-0.2, -0.15) is 0 Å². The standard InChI is InChI=1S/C8H5O.Sn.3H/c1-2-4-8-7(3-1)5-6-9-8;;;;/h1-5H;;;;. The number of rotatable bonds is 0. The first-order chi connectivity index (χ1) is 4.86. The Bertz CT molecular complexity index is 318. The van der Waals surface area contributed by atoms with Crippen molar-refractivity contribution in [2.45, 2.75) is 0 Å². The maximum atomic E-state index is 5.46. The third-order valence-electron chi connectivity index (χ3n) is 1.55. The van der Waals surface area contributed by atoms with E-state index < -0.39 is 0 Å². The Balaban J connectivity index is 2.88. The van der Waals surface area contributed by atoms with Gasteiger partial charge < -0.3 is 0 Å². The van der Waals surface area contributed by atoms with Crippen LogP contribution in [-0.2, 0) is 0 Å². The molecule has 0 saturated heterocycles. The normalized spacial score (nSPS) is 10.8. The van der Waals surface area contributed by atoms with Crippen LogP contribution in [0.2, 0.25) is 0 Å². The second-order valence-corrected chi connectivity index (χ2v) is 5.21. The average Bonchev–Trinajstić information content (AvgIpc) is 2.27. The molecule has 2 heteroatoms. The van der Waals surface area contributed by atoms with Crippen molar-refractivity contribution < 1.29 is 4.42 Å². The predicted octanol–water partition coefficient (Wildman–Crippen LogP) is 0.423. The molecular formula is C8H8OSn. The Labute approximate surface area is 72.1 Å². The van der Waals surface area contributed by atoms with Gasteiger partial charge in [0.2, 0.25) is 0 Å². The summed E-state index contributed by atoms with van der Waals surface area (Å²) in [5.41, 5.74) is 1.02. The van der Waals surface area contributed by atoms with Crippen LogP contribution in [0.25, 0.3) is 11.0 Å². The first kappa shape index (κ1) is 6.28. The van der Waals surface area contributed by atoms with Crippen LogP contribution in [0.3, 0.4) is 0 Å². The molecule has 0 spiro atoms. The first-order valence-electron chi connectivity index (χ1n) is 3.31. The van der Waals surface area contributed by atoms with Crippen LogP contribution in [0.1, 0.15) is 0 Å². The zero-order chi connectivity index (χ0) is 6.97. The van der Waals surface area contributed by atoms with Gasteiger partial charge in [-0.15, -0.1) is 0 Å². The molecule has 0 amide bonds. The molecule has 0 aliphatic rings. The first-order valence-corrected chi connectivity index (χ1v) is 6.17. The van der Waals surface area contributed by atoms with E-state index in [0.29, 0.717) is 22.5 Å². The summed E-state index contributed by atoms with van der Waals surface area (Å²) in [6.07, 6.45) is 0. The van der Waals surface area contributed by atoms with E-state index in [2.05, 4.69) is 12.1 Å². The van der Waals surface area contributed by atoms with E-state index in [1.165, 1.54) is 9.16 Å². The van der Waals surface area contributed by atoms with E-state index in [9.17, 15) is 0 Å². The van der Waals surface area contributed by atoms with Crippen molar-refractivity contribution in [1.29, 1.82) is 0 Å². The molecule has 0 N–H and O–H groups in total. The van der Waals surface area contributed by atoms with Gasteiger partial charge in [0.1, 0.15) is 0 Å². The SMILES string of the molecule is [SnH3][c]1cc2ccccc2o1. The summed E-state index contributed by atoms with van der Waals surface area (Å²) in [4.78, 5) is 0. The molecule has 0 unspecified atom stereocenters. The molecule has 1 nitrogen and oxygen atoms in total. The summed E-state index contributed by atoms with van der Waals surface area (Å²) in [5.74, 6) is 0. The third kappa shape index (κ3) is 0.944. The summed E-state index contributed by atoms with van der Waals surface area (Å²) in [7, 11) is 0. The van der Waals surface area contributed by atoms with Crippen LogP contribution in [0.15, 0.2) is 34.7 Å². The molecule has 0 saturated carbocycles. The summed E-state index contributed by atoms with van der Waals surface area (Å²) in [5, 5.41) is 1.23. The molecule has 1 aromatic carbocycles. The van der Waals surface area contributed by atoms with E-state index in [4.69, 9.17) is 4.42 Å². The number of hydrogen-bond acceptors (Lipinski definition) is 1. The van der Waals surface area contributed by atoms with Gasteiger partial charge in [-0.3, -0.25) is 0 Å². The number of hydrogen-bond donors (Lipinski definition) is 0. The molecule has 1 heterocycles. The van der Waals surface area contributed by atoms with Gasteiger partial charge >= 0.3 is 72.0 Å².